The number of benzene rings is 1. The molecule has 1 aromatic carbocycles. The van der Waals surface area contributed by atoms with Crippen molar-refractivity contribution in [2.75, 3.05) is 6.61 Å². The molecule has 3 fully saturated rings. The Balaban J connectivity index is 1.76. The highest BCUT2D eigenvalue weighted by Crippen LogP contribution is 2.61. The van der Waals surface area contributed by atoms with Crippen molar-refractivity contribution in [1.82, 2.24) is 0 Å². The van der Waals surface area contributed by atoms with Gasteiger partial charge in [0, 0.05) is 19.3 Å². The Labute approximate surface area is 215 Å². The molecule has 2 saturated carbocycles. The van der Waals surface area contributed by atoms with E-state index in [0.717, 1.165) is 5.57 Å². The predicted molar refractivity (Wildman–Crippen MR) is 129 cm³/mol. The summed E-state index contributed by atoms with van der Waals surface area (Å²) in [5, 5.41) is 35.1. The number of fused-ring (bicyclic) bond motifs is 5. The lowest BCUT2D eigenvalue weighted by Crippen LogP contribution is -2.80. The molecule has 1 saturated heterocycles. The van der Waals surface area contributed by atoms with Crippen LogP contribution in [0.15, 0.2) is 41.5 Å². The van der Waals surface area contributed by atoms with E-state index in [1.54, 1.807) is 37.3 Å². The number of ether oxygens (including phenoxy) is 3. The van der Waals surface area contributed by atoms with Gasteiger partial charge in [0.15, 0.2) is 11.4 Å². The van der Waals surface area contributed by atoms with Crippen LogP contribution in [-0.4, -0.2) is 75.3 Å². The lowest BCUT2D eigenvalue weighted by Gasteiger charge is -2.65. The number of aliphatic hydroxyl groups excluding tert-OH is 2. The van der Waals surface area contributed by atoms with Gasteiger partial charge in [-0.15, -0.1) is 0 Å². The van der Waals surface area contributed by atoms with Gasteiger partial charge in [-0.25, -0.2) is 4.79 Å². The normalized spacial score (nSPS) is 42.9. The first-order chi connectivity index (χ1) is 17.4. The summed E-state index contributed by atoms with van der Waals surface area (Å²) in [5.41, 5.74) is -3.50. The Morgan fingerprint density at radius 3 is 2.43 bits per heavy atom. The molecule has 0 aromatic heterocycles. The Morgan fingerprint density at radius 2 is 1.84 bits per heavy atom. The van der Waals surface area contributed by atoms with E-state index < -0.39 is 70.6 Å². The number of carbonyl (C=O) groups is 3. The van der Waals surface area contributed by atoms with Crippen molar-refractivity contribution in [3.8, 4) is 0 Å². The number of hydrogen-bond donors (Lipinski definition) is 3. The number of aliphatic hydroxyl groups is 3. The summed E-state index contributed by atoms with van der Waals surface area (Å²) in [7, 11) is 0. The SMILES string of the molecule is CC(=O)O[C@@]12CO[C@@H]1C[C@H](O)[C@@]1(C)C(=O)[C@H](O)C3=C(C)CC[C@](O)(C3C)[C@@H](OC(=O)c3ccccc3)C12. The fraction of sp³-hybridized carbons (Fsp3) is 0.607. The van der Waals surface area contributed by atoms with Gasteiger partial charge in [-0.05, 0) is 44.4 Å². The van der Waals surface area contributed by atoms with Gasteiger partial charge in [0.1, 0.15) is 23.9 Å². The Kier molecular flexibility index (Phi) is 6.14. The molecule has 0 amide bonds. The summed E-state index contributed by atoms with van der Waals surface area (Å²) in [4.78, 5) is 39.9. The lowest BCUT2D eigenvalue weighted by molar-refractivity contribution is -0.342. The van der Waals surface area contributed by atoms with E-state index in [2.05, 4.69) is 0 Å². The minimum Gasteiger partial charge on any atom is -0.455 e. The van der Waals surface area contributed by atoms with Gasteiger partial charge in [0.25, 0.3) is 0 Å². The molecule has 1 aliphatic heterocycles. The molecule has 0 radical (unpaired) electrons. The quantitative estimate of drug-likeness (QED) is 0.406. The van der Waals surface area contributed by atoms with E-state index >= 15 is 0 Å². The molecule has 1 heterocycles. The van der Waals surface area contributed by atoms with Crippen LogP contribution in [0.25, 0.3) is 0 Å². The number of Topliss-reactive ketones (excluding diaryl/α,β-unsaturated/α-hetero) is 1. The van der Waals surface area contributed by atoms with E-state index in [1.807, 2.05) is 6.92 Å². The molecular formula is C28H34O9. The molecule has 3 N–H and O–H groups in total. The molecule has 2 unspecified atom stereocenters. The van der Waals surface area contributed by atoms with E-state index in [-0.39, 0.29) is 25.0 Å². The Bertz CT molecular complexity index is 1160. The van der Waals surface area contributed by atoms with Crippen molar-refractivity contribution in [3.63, 3.8) is 0 Å². The first-order valence-electron chi connectivity index (χ1n) is 12.8. The highest BCUT2D eigenvalue weighted by atomic mass is 16.6. The van der Waals surface area contributed by atoms with Gasteiger partial charge in [-0.1, -0.05) is 30.7 Å². The third kappa shape index (κ3) is 3.55. The molecule has 9 nitrogen and oxygen atoms in total. The maximum Gasteiger partial charge on any atom is 0.338 e. The van der Waals surface area contributed by atoms with Gasteiger partial charge in [0.2, 0.25) is 0 Å². The van der Waals surface area contributed by atoms with Crippen LogP contribution in [-0.2, 0) is 23.8 Å². The van der Waals surface area contributed by atoms with Crippen LogP contribution in [0.4, 0.5) is 0 Å². The zero-order valence-corrected chi connectivity index (χ0v) is 21.5. The van der Waals surface area contributed by atoms with E-state index in [4.69, 9.17) is 14.2 Å². The second-order valence-electron chi connectivity index (χ2n) is 11.3. The zero-order valence-electron chi connectivity index (χ0n) is 21.5. The molecule has 1 aromatic rings. The van der Waals surface area contributed by atoms with Crippen molar-refractivity contribution in [3.05, 3.63) is 47.0 Å². The minimum absolute atomic E-state index is 0.0237. The van der Waals surface area contributed by atoms with E-state index in [0.29, 0.717) is 12.0 Å². The van der Waals surface area contributed by atoms with Crippen molar-refractivity contribution < 1.29 is 43.9 Å². The number of allylic oxidation sites excluding steroid dienone is 1. The standard InChI is InChI=1S/C28H34O9/c1-14-10-11-27(34)15(2)20(14)21(31)23(32)26(4)18(30)12-19-28(13-35-19,37-16(3)29)22(26)24(27)36-25(33)17-8-6-5-7-9-17/h5-9,15,18-19,21-22,24,30-31,34H,10-13H2,1-4H3/t15?,18-,19+,21+,22?,24-,26+,27-,28-/m0/s1. The highest BCUT2D eigenvalue weighted by Gasteiger charge is 2.76. The van der Waals surface area contributed by atoms with Crippen molar-refractivity contribution in [2.24, 2.45) is 17.3 Å². The molecule has 37 heavy (non-hydrogen) atoms. The topological polar surface area (TPSA) is 140 Å². The molecule has 0 spiro atoms. The van der Waals surface area contributed by atoms with Crippen LogP contribution < -0.4 is 0 Å². The average Bonchev–Trinajstić information content (AvgIpc) is 2.86. The molecule has 4 aliphatic rings. The van der Waals surface area contributed by atoms with Gasteiger partial charge in [0.05, 0.1) is 29.6 Å². The lowest BCUT2D eigenvalue weighted by atomic mass is 9.47. The number of esters is 2. The summed E-state index contributed by atoms with van der Waals surface area (Å²) < 4.78 is 17.7. The number of ketones is 1. The summed E-state index contributed by atoms with van der Waals surface area (Å²) in [6.07, 6.45) is -4.50. The highest BCUT2D eigenvalue weighted by molar-refractivity contribution is 5.93. The van der Waals surface area contributed by atoms with Crippen LogP contribution in [0.3, 0.4) is 0 Å². The minimum atomic E-state index is -1.73. The van der Waals surface area contributed by atoms with Gasteiger partial charge < -0.3 is 29.5 Å². The van der Waals surface area contributed by atoms with Crippen molar-refractivity contribution in [1.29, 1.82) is 0 Å². The summed E-state index contributed by atoms with van der Waals surface area (Å²) in [6, 6.07) is 8.28. The first-order valence-corrected chi connectivity index (χ1v) is 12.8. The first kappa shape index (κ1) is 26.0. The molecule has 5 rings (SSSR count). The average molecular weight is 515 g/mol. The maximum absolute atomic E-state index is 14.1. The largest absolute Gasteiger partial charge is 0.455 e. The number of rotatable bonds is 3. The van der Waals surface area contributed by atoms with Crippen LogP contribution in [0, 0.1) is 17.3 Å². The monoisotopic (exact) mass is 514 g/mol. The second-order valence-corrected chi connectivity index (χ2v) is 11.3. The van der Waals surface area contributed by atoms with Crippen LogP contribution in [0.1, 0.15) is 57.3 Å². The smallest absolute Gasteiger partial charge is 0.338 e. The molecular weight excluding hydrogens is 480 g/mol. The molecule has 9 atom stereocenters. The van der Waals surface area contributed by atoms with Crippen molar-refractivity contribution in [2.45, 2.75) is 82.6 Å². The Morgan fingerprint density at radius 1 is 1.16 bits per heavy atom. The molecule has 200 valence electrons. The summed E-state index contributed by atoms with van der Waals surface area (Å²) >= 11 is 0. The van der Waals surface area contributed by atoms with Crippen LogP contribution in [0.5, 0.6) is 0 Å². The fourth-order valence-corrected chi connectivity index (χ4v) is 7.30. The van der Waals surface area contributed by atoms with Crippen LogP contribution >= 0.6 is 0 Å². The fourth-order valence-electron chi connectivity index (χ4n) is 7.30. The third-order valence-corrected chi connectivity index (χ3v) is 9.41. The summed E-state index contributed by atoms with van der Waals surface area (Å²) in [6.45, 7) is 6.15. The zero-order chi connectivity index (χ0) is 26.9. The number of hydrogen-bond acceptors (Lipinski definition) is 9. The van der Waals surface area contributed by atoms with Gasteiger partial charge in [-0.3, -0.25) is 9.59 Å². The van der Waals surface area contributed by atoms with Gasteiger partial charge >= 0.3 is 11.9 Å². The van der Waals surface area contributed by atoms with E-state index in [1.165, 1.54) is 13.8 Å². The second kappa shape index (κ2) is 8.73. The van der Waals surface area contributed by atoms with Crippen molar-refractivity contribution >= 4 is 17.7 Å². The van der Waals surface area contributed by atoms with E-state index in [9.17, 15) is 29.7 Å². The molecule has 3 aliphatic carbocycles. The van der Waals surface area contributed by atoms with Crippen LogP contribution in [0.2, 0.25) is 0 Å². The predicted octanol–water partition coefficient (Wildman–Crippen LogP) is 1.72. The third-order valence-electron chi connectivity index (χ3n) is 9.41. The number of carbonyl (C=O) groups excluding carboxylic acids is 3. The summed E-state index contributed by atoms with van der Waals surface area (Å²) in [5.74, 6) is -3.95. The molecule has 2 bridgehead atoms. The Hall–Kier alpha value is -2.59. The maximum atomic E-state index is 14.1. The van der Waals surface area contributed by atoms with Gasteiger partial charge in [-0.2, -0.15) is 0 Å². The molecule has 9 heteroatoms.